The molecule has 0 bridgehead atoms. The standard InChI is InChI=1S/C24H27N3O3/c1-23(2,3)27-15-20-21(25-27)19(28)14-24(30-20)9-11-26(12-10-24)22(29)18-8-7-16-5-4-6-17(16)13-18/h4,6-8,13,15H,5,9-12,14H2,1-3H3. The highest BCUT2D eigenvalue weighted by Crippen LogP contribution is 2.40. The van der Waals surface area contributed by atoms with Crippen LogP contribution in [-0.2, 0) is 12.0 Å². The number of carbonyl (C=O) groups is 2. The molecule has 1 saturated heterocycles. The van der Waals surface area contributed by atoms with E-state index in [0.29, 0.717) is 43.8 Å². The number of ketones is 1. The van der Waals surface area contributed by atoms with Crippen molar-refractivity contribution in [2.75, 3.05) is 13.1 Å². The first kappa shape index (κ1) is 19.1. The first-order valence-electron chi connectivity index (χ1n) is 10.7. The fraction of sp³-hybridized carbons (Fsp3) is 0.458. The van der Waals surface area contributed by atoms with Gasteiger partial charge in [-0.1, -0.05) is 18.2 Å². The highest BCUT2D eigenvalue weighted by atomic mass is 16.5. The predicted molar refractivity (Wildman–Crippen MR) is 114 cm³/mol. The summed E-state index contributed by atoms with van der Waals surface area (Å²) in [4.78, 5) is 27.7. The molecule has 1 spiro atoms. The van der Waals surface area contributed by atoms with Gasteiger partial charge in [-0.15, -0.1) is 0 Å². The van der Waals surface area contributed by atoms with Gasteiger partial charge in [0.05, 0.1) is 18.2 Å². The zero-order valence-corrected chi connectivity index (χ0v) is 17.8. The average Bonchev–Trinajstić information content (AvgIpc) is 3.34. The summed E-state index contributed by atoms with van der Waals surface area (Å²) in [5, 5.41) is 4.46. The zero-order chi connectivity index (χ0) is 21.1. The first-order valence-corrected chi connectivity index (χ1v) is 10.7. The molecule has 1 aromatic carbocycles. The first-order chi connectivity index (χ1) is 14.2. The van der Waals surface area contributed by atoms with E-state index in [2.05, 4.69) is 17.3 Å². The van der Waals surface area contributed by atoms with Gasteiger partial charge in [0.15, 0.2) is 17.2 Å². The maximum Gasteiger partial charge on any atom is 0.253 e. The number of carbonyl (C=O) groups excluding carboxylic acids is 2. The van der Waals surface area contributed by atoms with Crippen LogP contribution in [0.3, 0.4) is 0 Å². The summed E-state index contributed by atoms with van der Waals surface area (Å²) in [6, 6.07) is 5.96. The molecular weight excluding hydrogens is 378 g/mol. The topological polar surface area (TPSA) is 64.4 Å². The summed E-state index contributed by atoms with van der Waals surface area (Å²) in [7, 11) is 0. The van der Waals surface area contributed by atoms with E-state index in [-0.39, 0.29) is 17.2 Å². The number of nitrogens with zero attached hydrogens (tertiary/aromatic N) is 3. The van der Waals surface area contributed by atoms with E-state index in [4.69, 9.17) is 4.74 Å². The van der Waals surface area contributed by atoms with Crippen LogP contribution < -0.4 is 4.74 Å². The summed E-state index contributed by atoms with van der Waals surface area (Å²) in [6.07, 6.45) is 8.60. The second-order valence-corrected chi connectivity index (χ2v) is 9.65. The number of ether oxygens (including phenoxy) is 1. The summed E-state index contributed by atoms with van der Waals surface area (Å²) in [5.41, 5.74) is 2.82. The second kappa shape index (κ2) is 6.56. The summed E-state index contributed by atoms with van der Waals surface area (Å²) < 4.78 is 8.15. The molecule has 5 rings (SSSR count). The molecule has 1 aromatic heterocycles. The molecule has 2 aromatic rings. The van der Waals surface area contributed by atoms with Crippen molar-refractivity contribution in [2.24, 2.45) is 0 Å². The maximum absolute atomic E-state index is 13.0. The van der Waals surface area contributed by atoms with Gasteiger partial charge in [0.25, 0.3) is 5.91 Å². The highest BCUT2D eigenvalue weighted by Gasteiger charge is 2.45. The van der Waals surface area contributed by atoms with Crippen molar-refractivity contribution in [3.05, 3.63) is 52.9 Å². The van der Waals surface area contributed by atoms with E-state index in [0.717, 1.165) is 17.5 Å². The number of piperidine rings is 1. The van der Waals surface area contributed by atoms with Crippen LogP contribution in [0.25, 0.3) is 6.08 Å². The number of aromatic nitrogens is 2. The largest absolute Gasteiger partial charge is 0.483 e. The predicted octanol–water partition coefficient (Wildman–Crippen LogP) is 3.85. The molecule has 156 valence electrons. The molecule has 0 unspecified atom stereocenters. The summed E-state index contributed by atoms with van der Waals surface area (Å²) in [5.74, 6) is 0.659. The molecule has 1 fully saturated rings. The van der Waals surface area contributed by atoms with Gasteiger partial charge in [-0.05, 0) is 50.5 Å². The molecule has 0 N–H and O–H groups in total. The van der Waals surface area contributed by atoms with Crippen molar-refractivity contribution in [3.63, 3.8) is 0 Å². The Bertz CT molecular complexity index is 1070. The Morgan fingerprint density at radius 2 is 1.97 bits per heavy atom. The van der Waals surface area contributed by atoms with E-state index in [1.54, 1.807) is 4.68 Å². The quantitative estimate of drug-likeness (QED) is 0.723. The zero-order valence-electron chi connectivity index (χ0n) is 17.8. The van der Waals surface area contributed by atoms with Crippen molar-refractivity contribution in [2.45, 2.75) is 57.6 Å². The van der Waals surface area contributed by atoms with Gasteiger partial charge in [0.2, 0.25) is 0 Å². The van der Waals surface area contributed by atoms with Crippen LogP contribution >= 0.6 is 0 Å². The van der Waals surface area contributed by atoms with Crippen LogP contribution in [-0.4, -0.2) is 45.1 Å². The van der Waals surface area contributed by atoms with E-state index in [9.17, 15) is 9.59 Å². The highest BCUT2D eigenvalue weighted by molar-refractivity contribution is 5.98. The molecule has 0 radical (unpaired) electrons. The monoisotopic (exact) mass is 405 g/mol. The molecule has 6 heteroatoms. The summed E-state index contributed by atoms with van der Waals surface area (Å²) >= 11 is 0. The SMILES string of the molecule is CC(C)(C)n1cc2c(n1)C(=O)CC1(CCN(C(=O)c3ccc4c(c3)C=CC4)CC1)O2. The molecule has 1 aliphatic carbocycles. The number of amides is 1. The molecule has 0 atom stereocenters. The van der Waals surface area contributed by atoms with E-state index < -0.39 is 5.60 Å². The van der Waals surface area contributed by atoms with Gasteiger partial charge in [-0.2, -0.15) is 5.10 Å². The third-order valence-corrected chi connectivity index (χ3v) is 6.43. The number of rotatable bonds is 1. The number of hydrogen-bond acceptors (Lipinski definition) is 4. The third kappa shape index (κ3) is 3.15. The number of allylic oxidation sites excluding steroid dienone is 1. The Morgan fingerprint density at radius 1 is 1.20 bits per heavy atom. The Morgan fingerprint density at radius 3 is 2.70 bits per heavy atom. The average molecular weight is 405 g/mol. The summed E-state index contributed by atoms with van der Waals surface area (Å²) in [6.45, 7) is 7.31. The van der Waals surface area contributed by atoms with Crippen LogP contribution in [0, 0.1) is 0 Å². The number of fused-ring (bicyclic) bond motifs is 2. The minimum absolute atomic E-state index is 0.0319. The van der Waals surface area contributed by atoms with Gasteiger partial charge < -0.3 is 9.64 Å². The van der Waals surface area contributed by atoms with Gasteiger partial charge >= 0.3 is 0 Å². The Labute approximate surface area is 176 Å². The molecule has 0 saturated carbocycles. The van der Waals surface area contributed by atoms with Crippen LogP contribution in [0.2, 0.25) is 0 Å². The van der Waals surface area contributed by atoms with Gasteiger partial charge in [0.1, 0.15) is 5.60 Å². The van der Waals surface area contributed by atoms with E-state index in [1.165, 1.54) is 5.56 Å². The number of Topliss-reactive ketones (excluding diaryl/α,β-unsaturated/α-hetero) is 1. The number of likely N-dealkylation sites (tertiary alicyclic amines) is 1. The van der Waals surface area contributed by atoms with Crippen LogP contribution in [0.1, 0.15) is 72.0 Å². The van der Waals surface area contributed by atoms with E-state index >= 15 is 0 Å². The number of benzene rings is 1. The smallest absolute Gasteiger partial charge is 0.253 e. The Hall–Kier alpha value is -2.89. The fourth-order valence-corrected chi connectivity index (χ4v) is 4.58. The molecular formula is C24H27N3O3. The Balaban J connectivity index is 1.31. The minimum atomic E-state index is -0.534. The second-order valence-electron chi connectivity index (χ2n) is 9.65. The Kier molecular flexibility index (Phi) is 4.17. The lowest BCUT2D eigenvalue weighted by Gasteiger charge is -2.43. The fourth-order valence-electron chi connectivity index (χ4n) is 4.58. The molecule has 3 aliphatic rings. The molecule has 2 aliphatic heterocycles. The molecule has 1 amide bonds. The normalized spacial score (nSPS) is 19.6. The van der Waals surface area contributed by atoms with Gasteiger partial charge in [0, 0.05) is 31.5 Å². The lowest BCUT2D eigenvalue weighted by atomic mass is 9.83. The number of hydrogen-bond donors (Lipinski definition) is 0. The van der Waals surface area contributed by atoms with Crippen LogP contribution in [0.4, 0.5) is 0 Å². The lowest BCUT2D eigenvalue weighted by molar-refractivity contribution is -0.00586. The van der Waals surface area contributed by atoms with Gasteiger partial charge in [-0.25, -0.2) is 0 Å². The van der Waals surface area contributed by atoms with Crippen molar-refractivity contribution in [1.82, 2.24) is 14.7 Å². The van der Waals surface area contributed by atoms with E-state index in [1.807, 2.05) is 50.1 Å². The van der Waals surface area contributed by atoms with Crippen LogP contribution in [0.15, 0.2) is 30.5 Å². The lowest BCUT2D eigenvalue weighted by Crippen LogP contribution is -2.52. The van der Waals surface area contributed by atoms with Crippen molar-refractivity contribution < 1.29 is 14.3 Å². The van der Waals surface area contributed by atoms with Crippen molar-refractivity contribution in [3.8, 4) is 5.75 Å². The third-order valence-electron chi connectivity index (χ3n) is 6.43. The molecule has 3 heterocycles. The molecule has 6 nitrogen and oxygen atoms in total. The van der Waals surface area contributed by atoms with Gasteiger partial charge in [-0.3, -0.25) is 14.3 Å². The van der Waals surface area contributed by atoms with Crippen LogP contribution in [0.5, 0.6) is 5.75 Å². The van der Waals surface area contributed by atoms with Crippen molar-refractivity contribution >= 4 is 17.8 Å². The maximum atomic E-state index is 13.0. The molecule has 30 heavy (non-hydrogen) atoms. The van der Waals surface area contributed by atoms with Crippen molar-refractivity contribution in [1.29, 1.82) is 0 Å². The minimum Gasteiger partial charge on any atom is -0.483 e.